The Morgan fingerprint density at radius 1 is 1.46 bits per heavy atom. The molecule has 2 nitrogen and oxygen atoms in total. The van der Waals surface area contributed by atoms with E-state index in [1.54, 1.807) is 20.1 Å². The molecule has 0 fully saturated rings. The number of benzene rings is 1. The Kier molecular flexibility index (Phi) is 3.09. The van der Waals surface area contributed by atoms with Crippen molar-refractivity contribution in [1.82, 2.24) is 0 Å². The van der Waals surface area contributed by atoms with E-state index in [1.807, 2.05) is 13.0 Å². The minimum absolute atomic E-state index is 0.0586. The van der Waals surface area contributed by atoms with Crippen LogP contribution in [0.25, 0.3) is 0 Å². The van der Waals surface area contributed by atoms with E-state index in [0.717, 1.165) is 10.0 Å². The molecule has 0 atom stereocenters. The Balaban J connectivity index is 3.30. The molecule has 1 aromatic rings. The minimum atomic E-state index is 0.0586. The van der Waals surface area contributed by atoms with E-state index >= 15 is 0 Å². The van der Waals surface area contributed by atoms with E-state index in [2.05, 4.69) is 15.9 Å². The summed E-state index contributed by atoms with van der Waals surface area (Å²) in [6.45, 7) is 3.45. The highest BCUT2D eigenvalue weighted by Gasteiger charge is 2.08. The number of rotatable bonds is 2. The predicted molar refractivity (Wildman–Crippen MR) is 55.4 cm³/mol. The summed E-state index contributed by atoms with van der Waals surface area (Å²) in [5.41, 5.74) is 1.67. The fraction of sp³-hybridized carbons (Fsp3) is 0.300. The van der Waals surface area contributed by atoms with Crippen molar-refractivity contribution < 1.29 is 9.53 Å². The average molecular weight is 243 g/mol. The zero-order chi connectivity index (χ0) is 10.0. The number of hydrogen-bond donors (Lipinski definition) is 0. The smallest absolute Gasteiger partial charge is 0.160 e. The Morgan fingerprint density at radius 2 is 2.08 bits per heavy atom. The van der Waals surface area contributed by atoms with Gasteiger partial charge in [0.15, 0.2) is 5.78 Å². The van der Waals surface area contributed by atoms with Gasteiger partial charge in [0.05, 0.1) is 11.6 Å². The third kappa shape index (κ3) is 2.10. The molecular formula is C10H11BrO2. The van der Waals surface area contributed by atoms with Crippen molar-refractivity contribution in [3.63, 3.8) is 0 Å². The van der Waals surface area contributed by atoms with Gasteiger partial charge in [0.1, 0.15) is 5.75 Å². The third-order valence-corrected chi connectivity index (χ3v) is 2.50. The largest absolute Gasteiger partial charge is 0.496 e. The molecule has 1 aromatic carbocycles. The molecule has 0 aliphatic rings. The predicted octanol–water partition coefficient (Wildman–Crippen LogP) is 2.97. The Bertz CT molecular complexity index is 345. The minimum Gasteiger partial charge on any atom is -0.496 e. The lowest BCUT2D eigenvalue weighted by atomic mass is 10.1. The molecule has 0 saturated carbocycles. The summed E-state index contributed by atoms with van der Waals surface area (Å²) in [5.74, 6) is 0.749. The molecule has 13 heavy (non-hydrogen) atoms. The Labute approximate surface area is 86.0 Å². The monoisotopic (exact) mass is 242 g/mol. The van der Waals surface area contributed by atoms with Crippen molar-refractivity contribution in [2.24, 2.45) is 0 Å². The molecule has 0 spiro atoms. The molecule has 1 rings (SSSR count). The summed E-state index contributed by atoms with van der Waals surface area (Å²) in [4.78, 5) is 11.2. The number of ether oxygens (including phenoxy) is 1. The maximum absolute atomic E-state index is 11.2. The van der Waals surface area contributed by atoms with E-state index in [-0.39, 0.29) is 5.78 Å². The molecular weight excluding hydrogens is 232 g/mol. The van der Waals surface area contributed by atoms with Crippen LogP contribution in [-0.2, 0) is 0 Å². The van der Waals surface area contributed by atoms with Crippen LogP contribution in [0.15, 0.2) is 16.6 Å². The Morgan fingerprint density at radius 3 is 2.54 bits per heavy atom. The summed E-state index contributed by atoms with van der Waals surface area (Å²) in [6, 6.07) is 3.64. The van der Waals surface area contributed by atoms with E-state index in [1.165, 1.54) is 0 Å². The third-order valence-electron chi connectivity index (χ3n) is 1.88. The summed E-state index contributed by atoms with van der Waals surface area (Å²) in [6.07, 6.45) is 0. The van der Waals surface area contributed by atoms with Gasteiger partial charge in [-0.25, -0.2) is 0 Å². The first-order chi connectivity index (χ1) is 6.06. The zero-order valence-corrected chi connectivity index (χ0v) is 9.44. The molecule has 0 unspecified atom stereocenters. The number of aryl methyl sites for hydroxylation is 1. The second-order valence-electron chi connectivity index (χ2n) is 2.86. The van der Waals surface area contributed by atoms with Crippen LogP contribution in [0.4, 0.5) is 0 Å². The molecule has 0 saturated heterocycles. The van der Waals surface area contributed by atoms with Gasteiger partial charge in [-0.3, -0.25) is 4.79 Å². The van der Waals surface area contributed by atoms with Gasteiger partial charge in [-0.15, -0.1) is 0 Å². The van der Waals surface area contributed by atoms with Gasteiger partial charge < -0.3 is 4.74 Å². The zero-order valence-electron chi connectivity index (χ0n) is 7.85. The van der Waals surface area contributed by atoms with Gasteiger partial charge in [-0.2, -0.15) is 0 Å². The summed E-state index contributed by atoms with van der Waals surface area (Å²) in [7, 11) is 1.58. The van der Waals surface area contributed by atoms with Crippen molar-refractivity contribution in [3.8, 4) is 5.75 Å². The van der Waals surface area contributed by atoms with Crippen LogP contribution in [-0.4, -0.2) is 12.9 Å². The molecule has 0 aliphatic heterocycles. The number of halogens is 1. The van der Waals surface area contributed by atoms with E-state index in [9.17, 15) is 4.79 Å². The molecule has 70 valence electrons. The molecule has 0 amide bonds. The lowest BCUT2D eigenvalue weighted by Crippen LogP contribution is -1.97. The second kappa shape index (κ2) is 3.92. The van der Waals surface area contributed by atoms with Crippen molar-refractivity contribution in [3.05, 3.63) is 27.7 Å². The van der Waals surface area contributed by atoms with Gasteiger partial charge in [-0.1, -0.05) is 0 Å². The number of Topliss-reactive ketones (excluding diaryl/α,β-unsaturated/α-hetero) is 1. The van der Waals surface area contributed by atoms with E-state index < -0.39 is 0 Å². The molecule has 0 aromatic heterocycles. The first kappa shape index (κ1) is 10.3. The molecule has 0 N–H and O–H groups in total. The summed E-state index contributed by atoms with van der Waals surface area (Å²) >= 11 is 3.35. The van der Waals surface area contributed by atoms with Gasteiger partial charge in [0.2, 0.25) is 0 Å². The molecule has 0 heterocycles. The maximum Gasteiger partial charge on any atom is 0.160 e. The van der Waals surface area contributed by atoms with Crippen LogP contribution < -0.4 is 4.74 Å². The number of carbonyl (C=O) groups is 1. The standard InChI is InChI=1S/C10H11BrO2/c1-6-4-9(11)10(13-3)5-8(6)7(2)12/h4-5H,1-3H3. The number of methoxy groups -OCH3 is 1. The van der Waals surface area contributed by atoms with Crippen molar-refractivity contribution >= 4 is 21.7 Å². The molecule has 0 radical (unpaired) electrons. The number of hydrogen-bond acceptors (Lipinski definition) is 2. The van der Waals surface area contributed by atoms with Crippen LogP contribution in [0.5, 0.6) is 5.75 Å². The Hall–Kier alpha value is -0.830. The summed E-state index contributed by atoms with van der Waals surface area (Å²) < 4.78 is 5.96. The normalized spacial score (nSPS) is 9.85. The van der Waals surface area contributed by atoms with Crippen LogP contribution >= 0.6 is 15.9 Å². The van der Waals surface area contributed by atoms with Crippen LogP contribution in [0, 0.1) is 6.92 Å². The van der Waals surface area contributed by atoms with E-state index in [4.69, 9.17) is 4.74 Å². The van der Waals surface area contributed by atoms with Crippen molar-refractivity contribution in [2.45, 2.75) is 13.8 Å². The molecule has 3 heteroatoms. The van der Waals surface area contributed by atoms with Crippen LogP contribution in [0.1, 0.15) is 22.8 Å². The van der Waals surface area contributed by atoms with Gasteiger partial charge in [0.25, 0.3) is 0 Å². The quantitative estimate of drug-likeness (QED) is 0.746. The van der Waals surface area contributed by atoms with Crippen molar-refractivity contribution in [1.29, 1.82) is 0 Å². The van der Waals surface area contributed by atoms with Crippen LogP contribution in [0.2, 0.25) is 0 Å². The highest BCUT2D eigenvalue weighted by Crippen LogP contribution is 2.28. The van der Waals surface area contributed by atoms with Crippen LogP contribution in [0.3, 0.4) is 0 Å². The average Bonchev–Trinajstić information content (AvgIpc) is 2.03. The molecule has 0 bridgehead atoms. The topological polar surface area (TPSA) is 26.3 Å². The lowest BCUT2D eigenvalue weighted by molar-refractivity contribution is 0.101. The highest BCUT2D eigenvalue weighted by molar-refractivity contribution is 9.10. The van der Waals surface area contributed by atoms with Gasteiger partial charge in [0, 0.05) is 5.56 Å². The van der Waals surface area contributed by atoms with Gasteiger partial charge >= 0.3 is 0 Å². The maximum atomic E-state index is 11.2. The summed E-state index contributed by atoms with van der Waals surface area (Å²) in [5, 5.41) is 0. The first-order valence-electron chi connectivity index (χ1n) is 3.91. The first-order valence-corrected chi connectivity index (χ1v) is 4.70. The van der Waals surface area contributed by atoms with Crippen molar-refractivity contribution in [2.75, 3.05) is 7.11 Å². The second-order valence-corrected chi connectivity index (χ2v) is 3.71. The number of carbonyl (C=O) groups excluding carboxylic acids is 1. The number of ketones is 1. The lowest BCUT2D eigenvalue weighted by Gasteiger charge is -2.07. The fourth-order valence-electron chi connectivity index (χ4n) is 1.19. The van der Waals surface area contributed by atoms with Gasteiger partial charge in [-0.05, 0) is 47.5 Å². The fourth-order valence-corrected chi connectivity index (χ4v) is 1.81. The highest BCUT2D eigenvalue weighted by atomic mass is 79.9. The molecule has 0 aliphatic carbocycles. The van der Waals surface area contributed by atoms with E-state index in [0.29, 0.717) is 11.3 Å². The SMILES string of the molecule is COc1cc(C(C)=O)c(C)cc1Br.